The zero-order valence-electron chi connectivity index (χ0n) is 12.4. The molecule has 0 spiro atoms. The van der Waals surface area contributed by atoms with Crippen LogP contribution in [0.5, 0.6) is 0 Å². The second kappa shape index (κ2) is 6.22. The molecule has 4 nitrogen and oxygen atoms in total. The topological polar surface area (TPSA) is 54.0 Å². The molecule has 110 valence electrons. The number of hydrogen-bond donors (Lipinski definition) is 2. The van der Waals surface area contributed by atoms with Gasteiger partial charge >= 0.3 is 0 Å². The van der Waals surface area contributed by atoms with E-state index in [4.69, 9.17) is 0 Å². The maximum Gasteiger partial charge on any atom is 0.221 e. The highest BCUT2D eigenvalue weighted by atomic mass is 16.1. The number of hydrogen-bond acceptors (Lipinski definition) is 3. The van der Waals surface area contributed by atoms with E-state index < -0.39 is 0 Å². The normalized spacial score (nSPS) is 14.3. The van der Waals surface area contributed by atoms with E-state index in [1.807, 2.05) is 13.0 Å². The van der Waals surface area contributed by atoms with Gasteiger partial charge in [0, 0.05) is 36.6 Å². The van der Waals surface area contributed by atoms with Crippen molar-refractivity contribution in [1.29, 1.82) is 0 Å². The van der Waals surface area contributed by atoms with Crippen LogP contribution < -0.4 is 10.6 Å². The van der Waals surface area contributed by atoms with Crippen molar-refractivity contribution in [3.05, 3.63) is 41.6 Å². The smallest absolute Gasteiger partial charge is 0.221 e. The summed E-state index contributed by atoms with van der Waals surface area (Å²) in [5.41, 5.74) is 3.29. The van der Waals surface area contributed by atoms with Crippen molar-refractivity contribution in [2.24, 2.45) is 0 Å². The van der Waals surface area contributed by atoms with Crippen LogP contribution in [0, 0.1) is 6.92 Å². The number of fused-ring (bicyclic) bond motifs is 1. The van der Waals surface area contributed by atoms with E-state index in [-0.39, 0.29) is 5.91 Å². The van der Waals surface area contributed by atoms with Crippen molar-refractivity contribution in [3.63, 3.8) is 0 Å². The first-order chi connectivity index (χ1) is 10.2. The number of aryl methyl sites for hydroxylation is 1. The molecular formula is C17H21N3O. The number of rotatable bonds is 6. The summed E-state index contributed by atoms with van der Waals surface area (Å²) in [6.45, 7) is 3.49. The van der Waals surface area contributed by atoms with Gasteiger partial charge in [-0.15, -0.1) is 0 Å². The molecular weight excluding hydrogens is 262 g/mol. The van der Waals surface area contributed by atoms with Gasteiger partial charge in [0.05, 0.1) is 5.52 Å². The molecule has 0 atom stereocenters. The van der Waals surface area contributed by atoms with Gasteiger partial charge in [0.2, 0.25) is 5.91 Å². The summed E-state index contributed by atoms with van der Waals surface area (Å²) in [5, 5.41) is 7.47. The molecule has 4 heteroatoms. The van der Waals surface area contributed by atoms with Gasteiger partial charge in [-0.2, -0.15) is 0 Å². The highest BCUT2D eigenvalue weighted by molar-refractivity contribution is 5.79. The number of aromatic nitrogens is 1. The van der Waals surface area contributed by atoms with E-state index >= 15 is 0 Å². The van der Waals surface area contributed by atoms with Crippen molar-refractivity contribution in [2.45, 2.75) is 38.8 Å². The van der Waals surface area contributed by atoms with Crippen LogP contribution in [0.4, 0.5) is 0 Å². The number of benzene rings is 1. The third-order valence-electron chi connectivity index (χ3n) is 3.69. The molecule has 0 bridgehead atoms. The van der Waals surface area contributed by atoms with Crippen LogP contribution in [-0.4, -0.2) is 23.5 Å². The molecule has 0 aliphatic heterocycles. The summed E-state index contributed by atoms with van der Waals surface area (Å²) in [6.07, 6.45) is 2.83. The Hall–Kier alpha value is -1.94. The summed E-state index contributed by atoms with van der Waals surface area (Å²) in [7, 11) is 0. The fourth-order valence-electron chi connectivity index (χ4n) is 2.35. The number of pyridine rings is 1. The van der Waals surface area contributed by atoms with Crippen molar-refractivity contribution in [2.75, 3.05) is 6.54 Å². The third kappa shape index (κ3) is 4.02. The van der Waals surface area contributed by atoms with Crippen LogP contribution in [0.3, 0.4) is 0 Å². The van der Waals surface area contributed by atoms with Crippen LogP contribution in [0.1, 0.15) is 30.5 Å². The van der Waals surface area contributed by atoms with E-state index in [0.717, 1.165) is 36.0 Å². The minimum atomic E-state index is 0.156. The Bertz CT molecular complexity index is 650. The Balaban J connectivity index is 1.48. The number of carbonyl (C=O) groups is 1. The first-order valence-electron chi connectivity index (χ1n) is 7.57. The zero-order chi connectivity index (χ0) is 14.7. The number of nitrogens with one attached hydrogen (secondary N) is 2. The van der Waals surface area contributed by atoms with Crippen molar-refractivity contribution < 1.29 is 4.79 Å². The summed E-state index contributed by atoms with van der Waals surface area (Å²) in [6, 6.07) is 10.9. The van der Waals surface area contributed by atoms with Gasteiger partial charge in [-0.3, -0.25) is 9.78 Å². The number of carbonyl (C=O) groups excluding carboxylic acids is 1. The van der Waals surface area contributed by atoms with Crippen LogP contribution in [0.25, 0.3) is 10.9 Å². The molecule has 3 rings (SSSR count). The molecule has 0 saturated heterocycles. The molecule has 1 aromatic carbocycles. The number of amides is 1. The van der Waals surface area contributed by atoms with Gasteiger partial charge in [0.1, 0.15) is 0 Å². The minimum Gasteiger partial charge on any atom is -0.353 e. The highest BCUT2D eigenvalue weighted by Crippen LogP contribution is 2.18. The predicted molar refractivity (Wildman–Crippen MR) is 84.0 cm³/mol. The van der Waals surface area contributed by atoms with E-state index in [2.05, 4.69) is 39.9 Å². The Labute approximate surface area is 125 Å². The minimum absolute atomic E-state index is 0.156. The molecule has 21 heavy (non-hydrogen) atoms. The molecule has 0 unspecified atom stereocenters. The summed E-state index contributed by atoms with van der Waals surface area (Å²) < 4.78 is 0. The average Bonchev–Trinajstić information content (AvgIpc) is 3.27. The molecule has 1 amide bonds. The number of nitrogens with zero attached hydrogens (tertiary/aromatic N) is 1. The van der Waals surface area contributed by atoms with Crippen LogP contribution in [-0.2, 0) is 11.3 Å². The van der Waals surface area contributed by atoms with E-state index in [1.165, 1.54) is 5.56 Å². The van der Waals surface area contributed by atoms with Gasteiger partial charge in [0.15, 0.2) is 0 Å². The summed E-state index contributed by atoms with van der Waals surface area (Å²) in [5.74, 6) is 0.156. The first-order valence-corrected chi connectivity index (χ1v) is 7.57. The van der Waals surface area contributed by atoms with Gasteiger partial charge in [-0.25, -0.2) is 0 Å². The van der Waals surface area contributed by atoms with E-state index in [0.29, 0.717) is 19.0 Å². The SMILES string of the molecule is Cc1ccc2cc(CNCCC(=O)NC3CC3)ccc2n1. The molecule has 1 aliphatic rings. The van der Waals surface area contributed by atoms with Gasteiger partial charge in [0.25, 0.3) is 0 Å². The second-order valence-corrected chi connectivity index (χ2v) is 5.75. The lowest BCUT2D eigenvalue weighted by Crippen LogP contribution is -2.28. The molecule has 1 aliphatic carbocycles. The highest BCUT2D eigenvalue weighted by Gasteiger charge is 2.22. The molecule has 2 aromatic rings. The zero-order valence-corrected chi connectivity index (χ0v) is 12.4. The van der Waals surface area contributed by atoms with Gasteiger partial charge in [-0.1, -0.05) is 12.1 Å². The van der Waals surface area contributed by atoms with Crippen molar-refractivity contribution in [3.8, 4) is 0 Å². The lowest BCUT2D eigenvalue weighted by Gasteiger charge is -2.07. The summed E-state index contributed by atoms with van der Waals surface area (Å²) >= 11 is 0. The molecule has 1 aromatic heterocycles. The van der Waals surface area contributed by atoms with E-state index in [9.17, 15) is 4.79 Å². The molecule has 2 N–H and O–H groups in total. The third-order valence-corrected chi connectivity index (χ3v) is 3.69. The lowest BCUT2D eigenvalue weighted by atomic mass is 10.1. The maximum absolute atomic E-state index is 11.6. The monoisotopic (exact) mass is 283 g/mol. The van der Waals surface area contributed by atoms with Gasteiger partial charge in [-0.05, 0) is 43.5 Å². The average molecular weight is 283 g/mol. The van der Waals surface area contributed by atoms with Crippen LogP contribution >= 0.6 is 0 Å². The lowest BCUT2D eigenvalue weighted by molar-refractivity contribution is -0.121. The molecule has 1 heterocycles. The molecule has 1 saturated carbocycles. The first kappa shape index (κ1) is 14.0. The molecule has 1 fully saturated rings. The fourth-order valence-corrected chi connectivity index (χ4v) is 2.35. The fraction of sp³-hybridized carbons (Fsp3) is 0.412. The standard InChI is InChI=1S/C17H21N3O/c1-12-2-4-14-10-13(3-7-16(14)19-12)11-18-9-8-17(21)20-15-5-6-15/h2-4,7,10,15,18H,5-6,8-9,11H2,1H3,(H,20,21). The Morgan fingerprint density at radius 2 is 2.14 bits per heavy atom. The predicted octanol–water partition coefficient (Wildman–Crippen LogP) is 2.30. The summed E-state index contributed by atoms with van der Waals surface area (Å²) in [4.78, 5) is 16.0. The molecule has 0 radical (unpaired) electrons. The van der Waals surface area contributed by atoms with Crippen LogP contribution in [0.2, 0.25) is 0 Å². The Kier molecular flexibility index (Phi) is 4.15. The Morgan fingerprint density at radius 1 is 1.29 bits per heavy atom. The quantitative estimate of drug-likeness (QED) is 0.800. The van der Waals surface area contributed by atoms with Crippen LogP contribution in [0.15, 0.2) is 30.3 Å². The van der Waals surface area contributed by atoms with E-state index in [1.54, 1.807) is 0 Å². The Morgan fingerprint density at radius 3 is 2.95 bits per heavy atom. The maximum atomic E-state index is 11.6. The van der Waals surface area contributed by atoms with Crippen molar-refractivity contribution >= 4 is 16.8 Å². The second-order valence-electron chi connectivity index (χ2n) is 5.75. The van der Waals surface area contributed by atoms with Gasteiger partial charge < -0.3 is 10.6 Å². The largest absolute Gasteiger partial charge is 0.353 e. The van der Waals surface area contributed by atoms with Crippen molar-refractivity contribution in [1.82, 2.24) is 15.6 Å².